The molecular formula is C37H53N16O24P4+. The maximum atomic E-state index is 13.8. The molecule has 3 aliphatic rings. The molecule has 3 aliphatic heterocycles. The van der Waals surface area contributed by atoms with Gasteiger partial charge in [-0.3, -0.25) is 56.1 Å². The van der Waals surface area contributed by atoms with E-state index in [1.807, 2.05) is 0 Å². The van der Waals surface area contributed by atoms with Crippen LogP contribution in [0.3, 0.4) is 0 Å². The molecule has 1 amide bonds. The molecule has 81 heavy (non-hydrogen) atoms. The number of aromatic amines is 2. The fourth-order valence-corrected chi connectivity index (χ4v) is 13.8. The van der Waals surface area contributed by atoms with E-state index in [0.717, 1.165) is 30.7 Å². The first-order chi connectivity index (χ1) is 38.1. The number of hydrogen-bond donors (Lipinski definition) is 13. The number of aromatic nitrogens is 12. The number of H-pyrrole nitrogens is 2. The third kappa shape index (κ3) is 12.8. The van der Waals surface area contributed by atoms with Crippen LogP contribution in [-0.4, -0.2) is 177 Å². The van der Waals surface area contributed by atoms with Gasteiger partial charge in [-0.15, -0.1) is 0 Å². The van der Waals surface area contributed by atoms with Crippen molar-refractivity contribution in [3.05, 3.63) is 46.0 Å². The molecule has 40 nitrogen and oxygen atoms in total. The standard InChI is InChI=1S/C37H52N16O24P4/c1-14(54)41-6-4-5-15-16(72-33(22(15)55)53-13-50(2)21-30(53)47-37(40)49-32(21)59)7-70-79(62,63)76-81(66,67)77-80(64,65)71-9-18-25(26(68-3)35(74-18)51-11-44-19-27(38)42-10-43-28(19)51)75-78(60,61)69-8-17-23(56)24(57)34(73-17)52-12-45-20-29(52)46-36(39)48-31(20)58/h10-13,15-18,22-26,33-35,55-57H,4-9H2,1-3H3,(H12-,38,39,40,41,42,43,46,47,48,49,54,58,59,60,61,62,63,64,65,66,67)/p+1/t15-,16-,17-,18?,22-,23-,24-,25-,26-,33-,34-,35-/m1/s1. The van der Waals surface area contributed by atoms with Gasteiger partial charge in [-0.05, 0) is 12.8 Å². The van der Waals surface area contributed by atoms with E-state index in [-0.39, 0.29) is 76.5 Å². The number of phosphoric acid groups is 4. The lowest BCUT2D eigenvalue weighted by Gasteiger charge is -2.26. The van der Waals surface area contributed by atoms with Crippen molar-refractivity contribution in [3.8, 4) is 0 Å². The summed E-state index contributed by atoms with van der Waals surface area (Å²) in [7, 11) is -20.9. The molecule has 0 saturated carbocycles. The highest BCUT2D eigenvalue weighted by molar-refractivity contribution is 7.66. The Hall–Kier alpha value is -5.64. The Kier molecular flexibility index (Phi) is 17.2. The summed E-state index contributed by atoms with van der Waals surface area (Å²) in [6.07, 6.45) is -12.7. The van der Waals surface area contributed by atoms with Gasteiger partial charge in [0, 0.05) is 26.5 Å². The molecule has 0 bridgehead atoms. The first kappa shape index (κ1) is 60.0. The number of aryl methyl sites for hydroxylation is 1. The van der Waals surface area contributed by atoms with Crippen LogP contribution in [0.5, 0.6) is 0 Å². The molecule has 9 heterocycles. The van der Waals surface area contributed by atoms with E-state index >= 15 is 0 Å². The van der Waals surface area contributed by atoms with E-state index in [1.54, 1.807) is 0 Å². The van der Waals surface area contributed by atoms with E-state index in [0.29, 0.717) is 0 Å². The van der Waals surface area contributed by atoms with Gasteiger partial charge in [-0.25, -0.2) is 42.8 Å². The molecule has 16 N–H and O–H groups in total. The largest absolute Gasteiger partial charge is 0.490 e. The number of rotatable bonds is 23. The molecule has 6 aromatic rings. The van der Waals surface area contributed by atoms with Crippen molar-refractivity contribution in [1.29, 1.82) is 0 Å². The molecule has 0 spiro atoms. The number of methoxy groups -OCH3 is 1. The van der Waals surface area contributed by atoms with Crippen LogP contribution >= 0.6 is 31.3 Å². The number of aliphatic hydroxyl groups is 3. The fourth-order valence-electron chi connectivity index (χ4n) is 9.34. The van der Waals surface area contributed by atoms with Crippen molar-refractivity contribution in [2.75, 3.05) is 50.7 Å². The van der Waals surface area contributed by atoms with Crippen molar-refractivity contribution in [3.63, 3.8) is 0 Å². The summed E-state index contributed by atoms with van der Waals surface area (Å²) in [5, 5.41) is 35.9. The second-order valence-electron chi connectivity index (χ2n) is 18.3. The predicted octanol–water partition coefficient (Wildman–Crippen LogP) is -3.54. The molecule has 0 aliphatic carbocycles. The molecule has 6 aromatic heterocycles. The molecule has 16 atom stereocenters. The number of nitrogens with one attached hydrogen (secondary N) is 3. The topological polar surface area (TPSA) is 571 Å². The second kappa shape index (κ2) is 23.2. The highest BCUT2D eigenvalue weighted by Gasteiger charge is 2.54. The SMILES string of the molecule is CO[C@@H]1[C@H](OP(=O)(O)OC[C@H]2O[C@@H](n3cnc4c(=O)[nH]c(N)nc43)[C@H](O)[C@@H]2O)C(COP(=O)(O)OP(=O)(O)OP(=O)(O)OC[C@H]2O[C@@H]([n+]3cn(C)c4c(=O)[nH]c(N)nc43)[C@H](O)[C@@H]2CCCNC(C)=O)O[C@H]1n1cnc2c(N)ncnc21. The lowest BCUT2D eigenvalue weighted by Crippen LogP contribution is -2.45. The van der Waals surface area contributed by atoms with Gasteiger partial charge in [-0.1, -0.05) is 4.98 Å². The zero-order valence-electron chi connectivity index (χ0n) is 42.0. The van der Waals surface area contributed by atoms with Crippen LogP contribution < -0.4 is 38.2 Å². The third-order valence-corrected chi connectivity index (χ3v) is 18.1. The number of carbonyl (C=O) groups excluding carboxylic acids is 1. The first-order valence-electron chi connectivity index (χ1n) is 23.6. The van der Waals surface area contributed by atoms with Gasteiger partial charge >= 0.3 is 36.9 Å². The molecule has 5 unspecified atom stereocenters. The summed E-state index contributed by atoms with van der Waals surface area (Å²) in [5.41, 5.74) is 15.7. The molecule has 0 aromatic carbocycles. The number of amides is 1. The predicted molar refractivity (Wildman–Crippen MR) is 264 cm³/mol. The number of nitrogens with two attached hydrogens (primary N) is 3. The average Bonchev–Trinajstić information content (AvgIpc) is 3.95. The Bertz CT molecular complexity index is 3660. The number of aliphatic hydroxyl groups excluding tert-OH is 3. The van der Waals surface area contributed by atoms with Crippen LogP contribution in [0.25, 0.3) is 33.5 Å². The highest BCUT2D eigenvalue weighted by Crippen LogP contribution is 2.68. The Balaban J connectivity index is 0.873. The van der Waals surface area contributed by atoms with Crippen molar-refractivity contribution in [2.45, 2.75) is 87.3 Å². The van der Waals surface area contributed by atoms with E-state index < -0.39 is 136 Å². The van der Waals surface area contributed by atoms with E-state index in [9.17, 15) is 67.5 Å². The fraction of sp³-hybridized carbons (Fsp3) is 0.568. The van der Waals surface area contributed by atoms with Crippen LogP contribution in [0.1, 0.15) is 38.4 Å². The summed E-state index contributed by atoms with van der Waals surface area (Å²) < 4.78 is 111. The second-order valence-corrected chi connectivity index (χ2v) is 24.3. The molecule has 3 fully saturated rings. The van der Waals surface area contributed by atoms with Crippen molar-refractivity contribution >= 4 is 88.4 Å². The number of imidazole rings is 3. The number of carbonyl (C=O) groups is 1. The van der Waals surface area contributed by atoms with Gasteiger partial charge in [-0.2, -0.15) is 13.6 Å². The van der Waals surface area contributed by atoms with Crippen molar-refractivity contribution < 1.29 is 108 Å². The number of anilines is 3. The number of nitrogen functional groups attached to an aromatic ring is 3. The number of phosphoric ester groups is 3. The van der Waals surface area contributed by atoms with Crippen molar-refractivity contribution in [1.82, 2.24) is 58.9 Å². The molecule has 0 radical (unpaired) electrons. The van der Waals surface area contributed by atoms with E-state index in [4.69, 9.17) is 54.2 Å². The Morgan fingerprint density at radius 2 is 1.35 bits per heavy atom. The lowest BCUT2D eigenvalue weighted by atomic mass is 9.93. The van der Waals surface area contributed by atoms with Gasteiger partial charge in [0.15, 0.2) is 41.4 Å². The lowest BCUT2D eigenvalue weighted by molar-refractivity contribution is -0.745. The minimum absolute atomic E-state index is 0.00881. The minimum atomic E-state index is -6.21. The van der Waals surface area contributed by atoms with Crippen LogP contribution in [-0.2, 0) is 75.8 Å². The van der Waals surface area contributed by atoms with Crippen molar-refractivity contribution in [2.24, 2.45) is 13.0 Å². The zero-order chi connectivity index (χ0) is 58.7. The van der Waals surface area contributed by atoms with Crippen LogP contribution in [0.15, 0.2) is 34.9 Å². The monoisotopic (exact) mass is 1230 g/mol. The van der Waals surface area contributed by atoms with Gasteiger partial charge < -0.3 is 76.4 Å². The average molecular weight is 1230 g/mol. The Morgan fingerprint density at radius 1 is 0.741 bits per heavy atom. The minimum Gasteiger partial charge on any atom is -0.387 e. The van der Waals surface area contributed by atoms with E-state index in [2.05, 4.69) is 53.8 Å². The Morgan fingerprint density at radius 3 is 2.02 bits per heavy atom. The quantitative estimate of drug-likeness (QED) is 0.0168. The smallest absolute Gasteiger partial charge is 0.387 e. The third-order valence-electron chi connectivity index (χ3n) is 12.8. The van der Waals surface area contributed by atoms with Gasteiger partial charge in [0.1, 0.15) is 54.6 Å². The zero-order valence-corrected chi connectivity index (χ0v) is 45.6. The van der Waals surface area contributed by atoms with Gasteiger partial charge in [0.25, 0.3) is 17.1 Å². The van der Waals surface area contributed by atoms with E-state index in [1.165, 1.54) is 34.0 Å². The molecule has 9 rings (SSSR count). The summed E-state index contributed by atoms with van der Waals surface area (Å²) in [4.78, 5) is 108. The maximum Gasteiger partial charge on any atom is 0.490 e. The first-order valence-corrected chi connectivity index (χ1v) is 29.6. The summed E-state index contributed by atoms with van der Waals surface area (Å²) >= 11 is 0. The molecule has 444 valence electrons. The number of fused-ring (bicyclic) bond motifs is 3. The number of hydrogen-bond acceptors (Lipinski definition) is 29. The number of ether oxygens (including phenoxy) is 4. The molecule has 3 saturated heterocycles. The summed E-state index contributed by atoms with van der Waals surface area (Å²) in [6.45, 7) is -1.81. The Labute approximate surface area is 451 Å². The summed E-state index contributed by atoms with van der Waals surface area (Å²) in [5.74, 6) is -2.01. The van der Waals surface area contributed by atoms with Gasteiger partial charge in [0.05, 0.1) is 45.6 Å². The van der Waals surface area contributed by atoms with Crippen LogP contribution in [0, 0.1) is 5.92 Å². The van der Waals surface area contributed by atoms with Crippen LogP contribution in [0.4, 0.5) is 17.7 Å². The maximum absolute atomic E-state index is 13.8. The highest BCUT2D eigenvalue weighted by atomic mass is 31.3. The van der Waals surface area contributed by atoms with Gasteiger partial charge in [0.2, 0.25) is 23.6 Å². The number of nitrogens with zero attached hydrogens (tertiary/aromatic N) is 10. The summed E-state index contributed by atoms with van der Waals surface area (Å²) in [6, 6.07) is 0. The molecular weight excluding hydrogens is 1180 g/mol. The normalized spacial score (nSPS) is 29.0. The molecule has 44 heteroatoms. The van der Waals surface area contributed by atoms with Crippen LogP contribution in [0.2, 0.25) is 0 Å².